The third-order valence-electron chi connectivity index (χ3n) is 5.79. The van der Waals surface area contributed by atoms with E-state index in [9.17, 15) is 14.7 Å². The van der Waals surface area contributed by atoms with Crippen molar-refractivity contribution in [3.63, 3.8) is 0 Å². The molecule has 0 aromatic heterocycles. The van der Waals surface area contributed by atoms with Gasteiger partial charge < -0.3 is 5.11 Å². The van der Waals surface area contributed by atoms with Crippen LogP contribution in [0, 0.1) is 0 Å². The lowest BCUT2D eigenvalue weighted by atomic mass is 9.92. The number of carbonyl (C=O) groups is 2. The molecule has 2 atom stereocenters. The largest absolute Gasteiger partial charge is 0.478 e. The molecule has 3 aromatic rings. The molecule has 28 heavy (non-hydrogen) atoms. The number of carbonyl (C=O) groups excluding carboxylic acids is 1. The molecular formula is C23H16ClNO3. The summed E-state index contributed by atoms with van der Waals surface area (Å²) in [5.74, 6) is -0.927. The number of hydrogen-bond donors (Lipinski definition) is 1. The van der Waals surface area contributed by atoms with Gasteiger partial charge in [0.2, 0.25) is 5.91 Å². The third kappa shape index (κ3) is 2.31. The number of carboxylic acids is 1. The Labute approximate surface area is 167 Å². The summed E-state index contributed by atoms with van der Waals surface area (Å²) in [4.78, 5) is 26.7. The van der Waals surface area contributed by atoms with Gasteiger partial charge in [0.1, 0.15) is 0 Å². The number of amides is 1. The van der Waals surface area contributed by atoms with Gasteiger partial charge in [-0.2, -0.15) is 0 Å². The first-order valence-electron chi connectivity index (χ1n) is 9.05. The van der Waals surface area contributed by atoms with Crippen LogP contribution in [0.15, 0.2) is 72.8 Å². The van der Waals surface area contributed by atoms with Gasteiger partial charge in [0.05, 0.1) is 16.7 Å². The zero-order valence-corrected chi connectivity index (χ0v) is 15.6. The Kier molecular flexibility index (Phi) is 3.61. The molecule has 1 fully saturated rings. The van der Waals surface area contributed by atoms with Crippen LogP contribution >= 0.6 is 11.6 Å². The number of nitrogens with zero attached hydrogens (tertiary/aromatic N) is 1. The molecule has 1 spiro atoms. The lowest BCUT2D eigenvalue weighted by molar-refractivity contribution is -0.119. The second-order valence-electron chi connectivity index (χ2n) is 7.29. The van der Waals surface area contributed by atoms with E-state index in [4.69, 9.17) is 11.6 Å². The molecule has 1 unspecified atom stereocenters. The van der Waals surface area contributed by atoms with E-state index in [2.05, 4.69) is 0 Å². The van der Waals surface area contributed by atoms with Crippen molar-refractivity contribution >= 4 is 34.9 Å². The highest BCUT2D eigenvalue weighted by atomic mass is 35.5. The number of rotatable bonds is 3. The van der Waals surface area contributed by atoms with Crippen molar-refractivity contribution in [2.24, 2.45) is 0 Å². The van der Waals surface area contributed by atoms with E-state index in [1.165, 1.54) is 6.07 Å². The topological polar surface area (TPSA) is 57.6 Å². The molecule has 3 aromatic carbocycles. The Bertz CT molecular complexity index is 1120. The first kappa shape index (κ1) is 17.0. The van der Waals surface area contributed by atoms with Crippen molar-refractivity contribution < 1.29 is 14.7 Å². The Morgan fingerprint density at radius 1 is 1.04 bits per heavy atom. The summed E-state index contributed by atoms with van der Waals surface area (Å²) in [5.41, 5.74) is 3.06. The van der Waals surface area contributed by atoms with Crippen LogP contribution < -0.4 is 4.90 Å². The van der Waals surface area contributed by atoms with Crippen molar-refractivity contribution in [3.05, 3.63) is 94.5 Å². The Hall–Kier alpha value is -3.11. The molecule has 138 valence electrons. The molecule has 2 aliphatic rings. The van der Waals surface area contributed by atoms with E-state index in [1.807, 2.05) is 48.5 Å². The number of hydrogen-bond acceptors (Lipinski definition) is 2. The molecule has 0 saturated heterocycles. The summed E-state index contributed by atoms with van der Waals surface area (Å²) in [6.07, 6.45) is 0.736. The smallest absolute Gasteiger partial charge is 0.335 e. The van der Waals surface area contributed by atoms with Crippen molar-refractivity contribution in [1.82, 2.24) is 0 Å². The molecule has 1 amide bonds. The van der Waals surface area contributed by atoms with Crippen LogP contribution in [0.1, 0.15) is 33.8 Å². The lowest BCUT2D eigenvalue weighted by Crippen LogP contribution is -2.29. The van der Waals surface area contributed by atoms with Gasteiger partial charge in [-0.3, -0.25) is 9.69 Å². The lowest BCUT2D eigenvalue weighted by Gasteiger charge is -2.19. The number of anilines is 2. The summed E-state index contributed by atoms with van der Waals surface area (Å²) in [7, 11) is 0. The second-order valence-corrected chi connectivity index (χ2v) is 7.73. The average Bonchev–Trinajstić information content (AvgIpc) is 3.40. The van der Waals surface area contributed by atoms with Crippen LogP contribution in [0.4, 0.5) is 11.4 Å². The van der Waals surface area contributed by atoms with E-state index in [0.717, 1.165) is 23.2 Å². The van der Waals surface area contributed by atoms with Crippen LogP contribution in [0.5, 0.6) is 0 Å². The normalized spacial score (nSPS) is 22.4. The fourth-order valence-corrected chi connectivity index (χ4v) is 4.52. The van der Waals surface area contributed by atoms with Crippen LogP contribution in [-0.2, 0) is 10.2 Å². The van der Waals surface area contributed by atoms with Crippen molar-refractivity contribution in [1.29, 1.82) is 0 Å². The van der Waals surface area contributed by atoms with Gasteiger partial charge in [-0.1, -0.05) is 48.0 Å². The van der Waals surface area contributed by atoms with Gasteiger partial charge in [0.25, 0.3) is 0 Å². The maximum absolute atomic E-state index is 13.6. The summed E-state index contributed by atoms with van der Waals surface area (Å²) < 4.78 is 0. The first-order valence-corrected chi connectivity index (χ1v) is 9.43. The van der Waals surface area contributed by atoms with Crippen molar-refractivity contribution in [2.75, 3.05) is 4.90 Å². The molecule has 4 nitrogen and oxygen atoms in total. The standard InChI is InChI=1S/C23H16ClNO3/c24-16-10-8-14(9-11-16)19-13-23(19)18-6-1-2-7-20(18)25(22(23)28)17-5-3-4-15(12-17)21(26)27/h1-12,19H,13H2,(H,26,27)/t19?,23-/m1/s1. The number of halogens is 1. The quantitative estimate of drug-likeness (QED) is 0.674. The average molecular weight is 390 g/mol. The van der Waals surface area contributed by atoms with Crippen LogP contribution in [0.25, 0.3) is 0 Å². The molecule has 0 bridgehead atoms. The van der Waals surface area contributed by atoms with Gasteiger partial charge in [0.15, 0.2) is 0 Å². The predicted molar refractivity (Wildman–Crippen MR) is 107 cm³/mol. The molecule has 5 heteroatoms. The van der Waals surface area contributed by atoms with Crippen molar-refractivity contribution in [2.45, 2.75) is 17.8 Å². The van der Waals surface area contributed by atoms with Gasteiger partial charge >= 0.3 is 5.97 Å². The highest BCUT2D eigenvalue weighted by Crippen LogP contribution is 2.67. The van der Waals surface area contributed by atoms with E-state index in [-0.39, 0.29) is 17.4 Å². The summed E-state index contributed by atoms with van der Waals surface area (Å²) in [5, 5.41) is 10.00. The summed E-state index contributed by atoms with van der Waals surface area (Å²) in [6, 6.07) is 22.0. The number of benzene rings is 3. The van der Waals surface area contributed by atoms with Gasteiger partial charge in [-0.25, -0.2) is 4.79 Å². The zero-order chi connectivity index (χ0) is 19.5. The van der Waals surface area contributed by atoms with Gasteiger partial charge in [-0.15, -0.1) is 0 Å². The van der Waals surface area contributed by atoms with Crippen LogP contribution in [0.3, 0.4) is 0 Å². The number of fused-ring (bicyclic) bond motifs is 2. The van der Waals surface area contributed by atoms with Crippen LogP contribution in [-0.4, -0.2) is 17.0 Å². The zero-order valence-electron chi connectivity index (χ0n) is 14.8. The Balaban J connectivity index is 1.61. The summed E-state index contributed by atoms with van der Waals surface area (Å²) >= 11 is 6.02. The van der Waals surface area contributed by atoms with Gasteiger partial charge in [0, 0.05) is 16.6 Å². The predicted octanol–water partition coefficient (Wildman–Crippen LogP) is 5.14. The molecule has 1 saturated carbocycles. The molecule has 1 aliphatic carbocycles. The van der Waals surface area contributed by atoms with E-state index in [1.54, 1.807) is 23.1 Å². The Morgan fingerprint density at radius 2 is 1.79 bits per heavy atom. The maximum Gasteiger partial charge on any atom is 0.335 e. The molecule has 1 heterocycles. The van der Waals surface area contributed by atoms with E-state index in [0.29, 0.717) is 10.7 Å². The minimum Gasteiger partial charge on any atom is -0.478 e. The highest BCUT2D eigenvalue weighted by Gasteiger charge is 2.67. The van der Waals surface area contributed by atoms with Crippen LogP contribution in [0.2, 0.25) is 5.02 Å². The molecule has 1 N–H and O–H groups in total. The number of aromatic carboxylic acids is 1. The first-order chi connectivity index (χ1) is 13.5. The molecule has 1 aliphatic heterocycles. The Morgan fingerprint density at radius 3 is 2.54 bits per heavy atom. The third-order valence-corrected chi connectivity index (χ3v) is 6.05. The number of para-hydroxylation sites is 1. The second kappa shape index (κ2) is 5.94. The molecule has 0 radical (unpaired) electrons. The number of carboxylic acid groups (broad SMARTS) is 1. The summed E-state index contributed by atoms with van der Waals surface area (Å²) in [6.45, 7) is 0. The van der Waals surface area contributed by atoms with Crippen molar-refractivity contribution in [3.8, 4) is 0 Å². The highest BCUT2D eigenvalue weighted by molar-refractivity contribution is 6.30. The molecular weight excluding hydrogens is 374 g/mol. The minimum atomic E-state index is -1.01. The van der Waals surface area contributed by atoms with E-state index >= 15 is 0 Å². The monoisotopic (exact) mass is 389 g/mol. The van der Waals surface area contributed by atoms with E-state index < -0.39 is 11.4 Å². The minimum absolute atomic E-state index is 0.00353. The molecule has 5 rings (SSSR count). The fourth-order valence-electron chi connectivity index (χ4n) is 4.40. The maximum atomic E-state index is 13.6. The SMILES string of the molecule is O=C(O)c1cccc(N2C(=O)[C@]3(CC3c3ccc(Cl)cc3)c3ccccc32)c1. The fraction of sp³-hybridized carbons (Fsp3) is 0.130. The van der Waals surface area contributed by atoms with Gasteiger partial charge in [-0.05, 0) is 53.9 Å².